The van der Waals surface area contributed by atoms with Gasteiger partial charge in [-0.25, -0.2) is 0 Å². The molecule has 0 bridgehead atoms. The fourth-order valence-electron chi connectivity index (χ4n) is 3.92. The molecule has 2 atom stereocenters. The lowest BCUT2D eigenvalue weighted by Crippen LogP contribution is -2.37. The molecule has 0 saturated heterocycles. The lowest BCUT2D eigenvalue weighted by atomic mass is 9.71. The van der Waals surface area contributed by atoms with E-state index < -0.39 is 17.8 Å². The highest BCUT2D eigenvalue weighted by Crippen LogP contribution is 2.46. The minimum Gasteiger partial charge on any atom is -0.503 e. The van der Waals surface area contributed by atoms with Crippen molar-refractivity contribution in [3.8, 4) is 11.5 Å². The zero-order valence-electron chi connectivity index (χ0n) is 16.7. The van der Waals surface area contributed by atoms with E-state index in [1.165, 1.54) is 14.2 Å². The minimum absolute atomic E-state index is 0.0367. The number of aliphatic imine (C=N–C) groups is 1. The van der Waals surface area contributed by atoms with Gasteiger partial charge in [0.25, 0.3) is 0 Å². The SMILES string of the molecule is COCCOC(=O)C1C(C)=NC2=C(C(=O)CCC2)[C@H]1c1cc(Cl)c(O)c(OC)c1. The fourth-order valence-corrected chi connectivity index (χ4v) is 4.14. The van der Waals surface area contributed by atoms with Crippen molar-refractivity contribution in [3.63, 3.8) is 0 Å². The molecule has 0 spiro atoms. The smallest absolute Gasteiger partial charge is 0.315 e. The fraction of sp³-hybridized carbons (Fsp3) is 0.476. The molecular weight excluding hydrogens is 398 g/mol. The molecule has 1 aliphatic carbocycles. The number of hydrogen-bond acceptors (Lipinski definition) is 7. The second kappa shape index (κ2) is 8.97. The average molecular weight is 422 g/mol. The van der Waals surface area contributed by atoms with Crippen LogP contribution in [0.5, 0.6) is 11.5 Å². The number of hydrogen-bond donors (Lipinski definition) is 1. The van der Waals surface area contributed by atoms with Crippen LogP contribution in [0.1, 0.15) is 37.7 Å². The van der Waals surface area contributed by atoms with Gasteiger partial charge in [0, 0.05) is 36.4 Å². The topological polar surface area (TPSA) is 94.4 Å². The van der Waals surface area contributed by atoms with Gasteiger partial charge in [-0.2, -0.15) is 0 Å². The number of ketones is 1. The van der Waals surface area contributed by atoms with Crippen LogP contribution in [0.25, 0.3) is 0 Å². The Morgan fingerprint density at radius 3 is 2.72 bits per heavy atom. The summed E-state index contributed by atoms with van der Waals surface area (Å²) in [6.07, 6.45) is 1.80. The molecule has 7 nitrogen and oxygen atoms in total. The van der Waals surface area contributed by atoms with Crippen LogP contribution in [0, 0.1) is 5.92 Å². The van der Waals surface area contributed by atoms with Crippen LogP contribution in [-0.2, 0) is 19.1 Å². The van der Waals surface area contributed by atoms with Crippen LogP contribution in [0.4, 0.5) is 0 Å². The maximum atomic E-state index is 12.9. The zero-order valence-corrected chi connectivity index (χ0v) is 17.4. The first-order valence-electron chi connectivity index (χ1n) is 9.42. The summed E-state index contributed by atoms with van der Waals surface area (Å²) in [4.78, 5) is 30.4. The number of allylic oxidation sites excluding steroid dienone is 2. The first-order valence-corrected chi connectivity index (χ1v) is 9.80. The summed E-state index contributed by atoms with van der Waals surface area (Å²) >= 11 is 6.20. The number of halogens is 1. The third-order valence-corrected chi connectivity index (χ3v) is 5.54. The van der Waals surface area contributed by atoms with Gasteiger partial charge in [0.05, 0.1) is 18.7 Å². The van der Waals surface area contributed by atoms with Crippen LogP contribution in [-0.4, -0.2) is 50.0 Å². The number of carbonyl (C=O) groups is 2. The Morgan fingerprint density at radius 2 is 2.03 bits per heavy atom. The predicted molar refractivity (Wildman–Crippen MR) is 108 cm³/mol. The van der Waals surface area contributed by atoms with E-state index in [0.29, 0.717) is 35.4 Å². The summed E-state index contributed by atoms with van der Waals surface area (Å²) in [6, 6.07) is 3.16. The molecule has 8 heteroatoms. The summed E-state index contributed by atoms with van der Waals surface area (Å²) in [6.45, 7) is 2.13. The Hall–Kier alpha value is -2.38. The highest BCUT2D eigenvalue weighted by molar-refractivity contribution is 6.32. The molecule has 1 unspecified atom stereocenters. The molecule has 2 aliphatic rings. The van der Waals surface area contributed by atoms with Gasteiger partial charge in [-0.1, -0.05) is 11.6 Å². The molecule has 3 rings (SSSR count). The summed E-state index contributed by atoms with van der Waals surface area (Å²) in [7, 11) is 2.93. The summed E-state index contributed by atoms with van der Waals surface area (Å²) < 4.78 is 15.5. The Balaban J connectivity index is 2.12. The summed E-state index contributed by atoms with van der Waals surface area (Å²) in [5.74, 6) is -1.94. The Kier molecular flexibility index (Phi) is 6.59. The van der Waals surface area contributed by atoms with E-state index in [1.54, 1.807) is 19.1 Å². The van der Waals surface area contributed by atoms with Gasteiger partial charge in [0.2, 0.25) is 0 Å². The highest BCUT2D eigenvalue weighted by atomic mass is 35.5. The normalized spacial score (nSPS) is 21.5. The summed E-state index contributed by atoms with van der Waals surface area (Å²) in [5.41, 5.74) is 2.39. The molecule has 156 valence electrons. The number of ether oxygens (including phenoxy) is 3. The van der Waals surface area contributed by atoms with Gasteiger partial charge < -0.3 is 19.3 Å². The molecule has 1 heterocycles. The molecule has 1 aromatic carbocycles. The second-order valence-electron chi connectivity index (χ2n) is 7.06. The number of benzene rings is 1. The second-order valence-corrected chi connectivity index (χ2v) is 7.47. The number of methoxy groups -OCH3 is 2. The molecule has 0 amide bonds. The molecule has 1 N–H and O–H groups in total. The first kappa shape index (κ1) is 21.3. The van der Waals surface area contributed by atoms with Gasteiger partial charge in [-0.05, 0) is 37.5 Å². The Labute approximate surface area is 174 Å². The molecular formula is C21H24ClNO6. The molecule has 0 aromatic heterocycles. The number of nitrogens with zero attached hydrogens (tertiary/aromatic N) is 1. The Morgan fingerprint density at radius 1 is 1.28 bits per heavy atom. The van der Waals surface area contributed by atoms with E-state index in [-0.39, 0.29) is 35.5 Å². The third-order valence-electron chi connectivity index (χ3n) is 5.25. The van der Waals surface area contributed by atoms with Crippen molar-refractivity contribution < 1.29 is 28.9 Å². The van der Waals surface area contributed by atoms with Gasteiger partial charge in [0.1, 0.15) is 12.5 Å². The number of Topliss-reactive ketones (excluding diaryl/α,β-unsaturated/α-hetero) is 1. The van der Waals surface area contributed by atoms with E-state index in [0.717, 1.165) is 6.42 Å². The monoisotopic (exact) mass is 421 g/mol. The number of phenols is 1. The number of aromatic hydroxyl groups is 1. The molecule has 0 saturated carbocycles. The standard InChI is InChI=1S/C21H24ClNO6/c1-11-17(21(26)29-8-7-27-2)18(19-14(23-11)5-4-6-15(19)24)12-9-13(22)20(25)16(10-12)28-3/h9-10,17-18,25H,4-8H2,1-3H3/t17?,18-/m0/s1. The Bertz CT molecular complexity index is 891. The lowest BCUT2D eigenvalue weighted by Gasteiger charge is -2.34. The van der Waals surface area contributed by atoms with Crippen molar-refractivity contribution in [2.24, 2.45) is 10.9 Å². The van der Waals surface area contributed by atoms with Crippen LogP contribution in [0.2, 0.25) is 5.02 Å². The number of esters is 1. The average Bonchev–Trinajstić information content (AvgIpc) is 2.69. The van der Waals surface area contributed by atoms with Crippen LogP contribution >= 0.6 is 11.6 Å². The van der Waals surface area contributed by atoms with E-state index in [2.05, 4.69) is 4.99 Å². The maximum absolute atomic E-state index is 12.9. The number of rotatable bonds is 6. The van der Waals surface area contributed by atoms with Gasteiger partial charge in [-0.15, -0.1) is 0 Å². The van der Waals surface area contributed by atoms with Crippen molar-refractivity contribution in [3.05, 3.63) is 34.0 Å². The van der Waals surface area contributed by atoms with Crippen molar-refractivity contribution in [2.75, 3.05) is 27.4 Å². The molecule has 0 radical (unpaired) electrons. The van der Waals surface area contributed by atoms with E-state index >= 15 is 0 Å². The minimum atomic E-state index is -0.780. The van der Waals surface area contributed by atoms with E-state index in [9.17, 15) is 14.7 Å². The van der Waals surface area contributed by atoms with Crippen molar-refractivity contribution in [1.29, 1.82) is 0 Å². The summed E-state index contributed by atoms with van der Waals surface area (Å²) in [5, 5.41) is 10.2. The molecule has 1 aliphatic heterocycles. The van der Waals surface area contributed by atoms with E-state index in [4.69, 9.17) is 25.8 Å². The van der Waals surface area contributed by atoms with Crippen LogP contribution in [0.3, 0.4) is 0 Å². The molecule has 1 aromatic rings. The van der Waals surface area contributed by atoms with E-state index in [1.807, 2.05) is 0 Å². The lowest BCUT2D eigenvalue weighted by molar-refractivity contribution is -0.147. The molecule has 0 fully saturated rings. The molecule has 29 heavy (non-hydrogen) atoms. The van der Waals surface area contributed by atoms with Gasteiger partial charge in [-0.3, -0.25) is 14.6 Å². The van der Waals surface area contributed by atoms with Gasteiger partial charge >= 0.3 is 5.97 Å². The first-order chi connectivity index (χ1) is 13.9. The van der Waals surface area contributed by atoms with Gasteiger partial charge in [0.15, 0.2) is 17.3 Å². The third kappa shape index (κ3) is 4.16. The van der Waals surface area contributed by atoms with Crippen molar-refractivity contribution in [2.45, 2.75) is 32.1 Å². The van der Waals surface area contributed by atoms with Crippen LogP contribution < -0.4 is 4.74 Å². The largest absolute Gasteiger partial charge is 0.503 e. The van der Waals surface area contributed by atoms with Crippen molar-refractivity contribution >= 4 is 29.1 Å². The number of phenolic OH excluding ortho intramolecular Hbond substituents is 1. The quantitative estimate of drug-likeness (QED) is 0.558. The van der Waals surface area contributed by atoms with Crippen LogP contribution in [0.15, 0.2) is 28.4 Å². The van der Waals surface area contributed by atoms with Crippen molar-refractivity contribution in [1.82, 2.24) is 0 Å². The number of carbonyl (C=O) groups excluding carboxylic acids is 2. The zero-order chi connectivity index (χ0) is 21.1. The predicted octanol–water partition coefficient (Wildman–Crippen LogP) is 3.43. The highest BCUT2D eigenvalue weighted by Gasteiger charge is 2.43. The maximum Gasteiger partial charge on any atom is 0.315 e.